The smallest absolute Gasteiger partial charge is 0.424 e. The Kier molecular flexibility index (Phi) is 6.72. The van der Waals surface area contributed by atoms with Crippen molar-refractivity contribution in [2.75, 3.05) is 20.2 Å². The van der Waals surface area contributed by atoms with Crippen LogP contribution < -0.4 is 4.74 Å². The van der Waals surface area contributed by atoms with Crippen molar-refractivity contribution in [1.29, 1.82) is 0 Å². The number of aromatic nitrogens is 1. The lowest BCUT2D eigenvalue weighted by atomic mass is 9.99. The highest BCUT2D eigenvalue weighted by Crippen LogP contribution is 2.43. The van der Waals surface area contributed by atoms with Crippen molar-refractivity contribution in [2.45, 2.75) is 25.1 Å². The lowest BCUT2D eigenvalue weighted by Gasteiger charge is -2.29. The molecule has 2 aromatic rings. The van der Waals surface area contributed by atoms with Crippen LogP contribution in [0.4, 0.5) is 13.2 Å². The van der Waals surface area contributed by atoms with E-state index in [1.54, 1.807) is 24.3 Å². The first-order valence-corrected chi connectivity index (χ1v) is 9.13. The van der Waals surface area contributed by atoms with Crippen molar-refractivity contribution in [3.63, 3.8) is 0 Å². The summed E-state index contributed by atoms with van der Waals surface area (Å²) in [6, 6.07) is 6.53. The minimum absolute atomic E-state index is 0.0479. The highest BCUT2D eigenvalue weighted by molar-refractivity contribution is 7.09. The number of carbonyl (C=O) groups excluding carboxylic acids is 1. The molecule has 0 fully saturated rings. The second-order valence-corrected chi connectivity index (χ2v) is 7.24. The first-order chi connectivity index (χ1) is 12.5. The van der Waals surface area contributed by atoms with Gasteiger partial charge in [-0.1, -0.05) is 11.6 Å². The summed E-state index contributed by atoms with van der Waals surface area (Å²) in [5.41, 5.74) is -2.98. The Morgan fingerprint density at radius 2 is 1.96 bits per heavy atom. The molecule has 0 radical (unpaired) electrons. The predicted molar refractivity (Wildman–Crippen MR) is 96.0 cm³/mol. The maximum absolute atomic E-state index is 13.4. The minimum Gasteiger partial charge on any atom is -0.492 e. The molecule has 27 heavy (non-hydrogen) atoms. The number of hydrogen-bond donors (Lipinski definition) is 1. The van der Waals surface area contributed by atoms with E-state index in [1.807, 2.05) is 0 Å². The van der Waals surface area contributed by atoms with Crippen molar-refractivity contribution in [3.8, 4) is 5.75 Å². The van der Waals surface area contributed by atoms with Crippen LogP contribution in [-0.4, -0.2) is 47.3 Å². The van der Waals surface area contributed by atoms with Gasteiger partial charge in [0.25, 0.3) is 0 Å². The molecule has 10 heteroatoms. The van der Waals surface area contributed by atoms with E-state index in [9.17, 15) is 23.1 Å². The van der Waals surface area contributed by atoms with E-state index < -0.39 is 29.1 Å². The molecule has 5 nitrogen and oxygen atoms in total. The molecule has 1 amide bonds. The number of halogens is 4. The van der Waals surface area contributed by atoms with Crippen LogP contribution in [0.1, 0.15) is 17.1 Å². The molecular formula is C17H18ClF3N2O3S. The van der Waals surface area contributed by atoms with Gasteiger partial charge in [-0.05, 0) is 31.2 Å². The average Bonchev–Trinajstić information content (AvgIpc) is 3.02. The van der Waals surface area contributed by atoms with Crippen molar-refractivity contribution in [2.24, 2.45) is 0 Å². The number of nitrogens with zero attached hydrogens (tertiary/aromatic N) is 2. The Morgan fingerprint density at radius 1 is 1.33 bits per heavy atom. The zero-order valence-electron chi connectivity index (χ0n) is 14.6. The van der Waals surface area contributed by atoms with Gasteiger partial charge >= 0.3 is 6.18 Å². The van der Waals surface area contributed by atoms with Gasteiger partial charge in [-0.3, -0.25) is 4.79 Å². The topological polar surface area (TPSA) is 62.7 Å². The predicted octanol–water partition coefficient (Wildman–Crippen LogP) is 3.78. The highest BCUT2D eigenvalue weighted by atomic mass is 35.5. The molecule has 0 bridgehead atoms. The summed E-state index contributed by atoms with van der Waals surface area (Å²) in [7, 11) is 1.34. The fourth-order valence-corrected chi connectivity index (χ4v) is 3.19. The van der Waals surface area contributed by atoms with E-state index in [0.29, 0.717) is 27.8 Å². The number of aliphatic hydroxyl groups is 1. The van der Waals surface area contributed by atoms with Gasteiger partial charge in [0.2, 0.25) is 11.5 Å². The molecule has 2 rings (SSSR count). The Bertz CT molecular complexity index is 782. The van der Waals surface area contributed by atoms with E-state index in [0.717, 1.165) is 4.90 Å². The SMILES string of the molecule is Cc1csc(C(O)(CC(=O)N(C)CCOc2ccc(Cl)cc2)C(F)(F)F)n1. The number of benzene rings is 1. The molecule has 0 saturated carbocycles. The van der Waals surface area contributed by atoms with Crippen LogP contribution >= 0.6 is 22.9 Å². The van der Waals surface area contributed by atoms with Gasteiger partial charge in [0.15, 0.2) is 0 Å². The summed E-state index contributed by atoms with van der Waals surface area (Å²) in [5, 5.41) is 11.6. The molecule has 1 aromatic heterocycles. The zero-order chi connectivity index (χ0) is 20.2. The van der Waals surface area contributed by atoms with Gasteiger partial charge in [-0.2, -0.15) is 13.2 Å². The number of carbonyl (C=O) groups is 1. The number of aryl methyl sites for hydroxylation is 1. The normalized spacial score (nSPS) is 13.9. The number of amides is 1. The third-order valence-corrected chi connectivity index (χ3v) is 5.15. The fourth-order valence-electron chi connectivity index (χ4n) is 2.15. The standard InChI is InChI=1S/C17H18ClF3N2O3S/c1-11-10-27-15(22-11)16(25,17(19,20)21)9-14(24)23(2)7-8-26-13-5-3-12(18)4-6-13/h3-6,10,25H,7-9H2,1-2H3. The second-order valence-electron chi connectivity index (χ2n) is 5.95. The second kappa shape index (κ2) is 8.45. The van der Waals surface area contributed by atoms with Gasteiger partial charge in [0, 0.05) is 23.1 Å². The van der Waals surface area contributed by atoms with Gasteiger partial charge in [-0.15, -0.1) is 11.3 Å². The molecule has 1 unspecified atom stereocenters. The molecule has 1 aromatic carbocycles. The lowest BCUT2D eigenvalue weighted by Crippen LogP contribution is -2.47. The first-order valence-electron chi connectivity index (χ1n) is 7.87. The maximum atomic E-state index is 13.4. The van der Waals surface area contributed by atoms with E-state index in [1.165, 1.54) is 19.4 Å². The third kappa shape index (κ3) is 5.33. The molecule has 0 aliphatic heterocycles. The third-order valence-electron chi connectivity index (χ3n) is 3.78. The van der Waals surface area contributed by atoms with E-state index in [4.69, 9.17) is 16.3 Å². The summed E-state index contributed by atoms with van der Waals surface area (Å²) < 4.78 is 45.7. The van der Waals surface area contributed by atoms with Crippen LogP contribution in [0.15, 0.2) is 29.6 Å². The monoisotopic (exact) mass is 422 g/mol. The number of rotatable bonds is 7. The summed E-state index contributed by atoms with van der Waals surface area (Å²) in [6.45, 7) is 1.63. The van der Waals surface area contributed by atoms with Crippen LogP contribution in [0, 0.1) is 6.92 Å². The fraction of sp³-hybridized carbons (Fsp3) is 0.412. The molecule has 0 aliphatic carbocycles. The van der Waals surface area contributed by atoms with Gasteiger partial charge < -0.3 is 14.7 Å². The summed E-state index contributed by atoms with van der Waals surface area (Å²) in [4.78, 5) is 17.0. The molecule has 1 atom stereocenters. The number of alkyl halides is 3. The van der Waals surface area contributed by atoms with Gasteiger partial charge in [0.05, 0.1) is 13.0 Å². The zero-order valence-corrected chi connectivity index (χ0v) is 16.2. The molecular weight excluding hydrogens is 405 g/mol. The van der Waals surface area contributed by atoms with Crippen LogP contribution in [-0.2, 0) is 10.4 Å². The van der Waals surface area contributed by atoms with Crippen molar-refractivity contribution in [3.05, 3.63) is 45.4 Å². The molecule has 0 aliphatic rings. The lowest BCUT2D eigenvalue weighted by molar-refractivity contribution is -0.268. The largest absolute Gasteiger partial charge is 0.492 e. The summed E-state index contributed by atoms with van der Waals surface area (Å²) >= 11 is 6.43. The number of likely N-dealkylation sites (N-methyl/N-ethyl adjacent to an activating group) is 1. The Morgan fingerprint density at radius 3 is 2.48 bits per heavy atom. The van der Waals surface area contributed by atoms with E-state index in [-0.39, 0.29) is 13.2 Å². The molecule has 0 saturated heterocycles. The number of hydrogen-bond acceptors (Lipinski definition) is 5. The van der Waals surface area contributed by atoms with Crippen molar-refractivity contribution in [1.82, 2.24) is 9.88 Å². The van der Waals surface area contributed by atoms with Crippen LogP contribution in [0.5, 0.6) is 5.75 Å². The molecule has 1 N–H and O–H groups in total. The molecule has 1 heterocycles. The van der Waals surface area contributed by atoms with Crippen LogP contribution in [0.2, 0.25) is 5.02 Å². The molecule has 148 valence electrons. The van der Waals surface area contributed by atoms with Gasteiger partial charge in [0.1, 0.15) is 17.4 Å². The van der Waals surface area contributed by atoms with E-state index in [2.05, 4.69) is 4.98 Å². The number of thiazole rings is 1. The first kappa shape index (κ1) is 21.5. The van der Waals surface area contributed by atoms with E-state index >= 15 is 0 Å². The summed E-state index contributed by atoms with van der Waals surface area (Å²) in [5.74, 6) is -0.354. The Labute approximate surface area is 163 Å². The summed E-state index contributed by atoms with van der Waals surface area (Å²) in [6.07, 6.45) is -6.19. The highest BCUT2D eigenvalue weighted by Gasteiger charge is 2.58. The number of ether oxygens (including phenoxy) is 1. The maximum Gasteiger partial charge on any atom is 0.424 e. The quantitative estimate of drug-likeness (QED) is 0.737. The van der Waals surface area contributed by atoms with Crippen molar-refractivity contribution < 1.29 is 27.8 Å². The van der Waals surface area contributed by atoms with Crippen LogP contribution in [0.3, 0.4) is 0 Å². The van der Waals surface area contributed by atoms with Gasteiger partial charge in [-0.25, -0.2) is 4.98 Å². The molecule has 0 spiro atoms. The van der Waals surface area contributed by atoms with Crippen LogP contribution in [0.25, 0.3) is 0 Å². The average molecular weight is 423 g/mol. The minimum atomic E-state index is -5.03. The Balaban J connectivity index is 1.99. The Hall–Kier alpha value is -1.84. The van der Waals surface area contributed by atoms with Crippen molar-refractivity contribution >= 4 is 28.8 Å².